The lowest BCUT2D eigenvalue weighted by atomic mass is 9.94. The Kier molecular flexibility index (Phi) is 5.11. The average molecular weight is 341 g/mol. The summed E-state index contributed by atoms with van der Waals surface area (Å²) in [4.78, 5) is 15.2. The van der Waals surface area contributed by atoms with E-state index < -0.39 is 0 Å². The van der Waals surface area contributed by atoms with Crippen molar-refractivity contribution in [3.05, 3.63) is 47.3 Å². The molecule has 1 fully saturated rings. The van der Waals surface area contributed by atoms with Crippen LogP contribution >= 0.6 is 0 Å². The molecule has 2 aromatic rings. The Labute approximate surface area is 149 Å². The van der Waals surface area contributed by atoms with Gasteiger partial charge in [0.25, 0.3) is 5.91 Å². The van der Waals surface area contributed by atoms with Gasteiger partial charge in [-0.15, -0.1) is 0 Å². The lowest BCUT2D eigenvalue weighted by Gasteiger charge is -2.36. The topological polar surface area (TPSA) is 47.4 Å². The number of carbonyl (C=O) groups excluding carboxylic acids is 1. The molecule has 0 unspecified atom stereocenters. The van der Waals surface area contributed by atoms with E-state index in [1.165, 1.54) is 0 Å². The summed E-state index contributed by atoms with van der Waals surface area (Å²) in [6.07, 6.45) is 3.16. The fourth-order valence-electron chi connectivity index (χ4n) is 3.49. The molecule has 1 aliphatic rings. The van der Waals surface area contributed by atoms with Crippen molar-refractivity contribution in [1.82, 2.24) is 14.7 Å². The van der Waals surface area contributed by atoms with Crippen molar-refractivity contribution in [3.8, 4) is 5.75 Å². The zero-order chi connectivity index (χ0) is 18.0. The molecule has 0 saturated carbocycles. The zero-order valence-electron chi connectivity index (χ0n) is 15.5. The molecular weight excluding hydrogens is 314 g/mol. The lowest BCUT2D eigenvalue weighted by molar-refractivity contribution is 0.0600. The number of piperidine rings is 1. The summed E-state index contributed by atoms with van der Waals surface area (Å²) in [6, 6.07) is 10.1. The first-order valence-corrected chi connectivity index (χ1v) is 9.00. The van der Waals surface area contributed by atoms with E-state index in [9.17, 15) is 4.79 Å². The number of nitrogens with zero attached hydrogens (tertiary/aromatic N) is 3. The molecule has 5 nitrogen and oxygen atoms in total. The highest BCUT2D eigenvalue weighted by Gasteiger charge is 2.30. The molecule has 25 heavy (non-hydrogen) atoms. The second-order valence-electron chi connectivity index (χ2n) is 7.02. The van der Waals surface area contributed by atoms with E-state index in [0.29, 0.717) is 11.6 Å². The minimum Gasteiger partial charge on any atom is -0.497 e. The van der Waals surface area contributed by atoms with Crippen LogP contribution in [0.3, 0.4) is 0 Å². The third-order valence-electron chi connectivity index (χ3n) is 4.95. The summed E-state index contributed by atoms with van der Waals surface area (Å²) in [5, 5.41) is 4.50. The second kappa shape index (κ2) is 7.30. The number of ether oxygens (including phenoxy) is 1. The summed E-state index contributed by atoms with van der Waals surface area (Å²) in [5.74, 6) is 1.20. The minimum atomic E-state index is 0.0643. The van der Waals surface area contributed by atoms with Crippen molar-refractivity contribution in [1.29, 1.82) is 0 Å². The molecule has 0 N–H and O–H groups in total. The smallest absolute Gasteiger partial charge is 0.272 e. The summed E-state index contributed by atoms with van der Waals surface area (Å²) >= 11 is 0. The summed E-state index contributed by atoms with van der Waals surface area (Å²) < 4.78 is 7.07. The molecule has 134 valence electrons. The van der Waals surface area contributed by atoms with E-state index in [0.717, 1.165) is 42.8 Å². The Balaban J connectivity index is 1.91. The van der Waals surface area contributed by atoms with Gasteiger partial charge in [-0.05, 0) is 48.9 Å². The van der Waals surface area contributed by atoms with Gasteiger partial charge in [-0.25, -0.2) is 0 Å². The average Bonchev–Trinajstić information content (AvgIpc) is 3.03. The van der Waals surface area contributed by atoms with Gasteiger partial charge in [-0.3, -0.25) is 9.48 Å². The first-order valence-electron chi connectivity index (χ1n) is 9.00. The predicted molar refractivity (Wildman–Crippen MR) is 97.9 cm³/mol. The molecule has 0 aliphatic carbocycles. The van der Waals surface area contributed by atoms with Gasteiger partial charge in [0.2, 0.25) is 0 Å². The molecule has 2 heterocycles. The van der Waals surface area contributed by atoms with Crippen molar-refractivity contribution < 1.29 is 9.53 Å². The van der Waals surface area contributed by atoms with Crippen LogP contribution in [0.4, 0.5) is 0 Å². The maximum Gasteiger partial charge on any atom is 0.272 e. The Bertz CT molecular complexity index is 751. The van der Waals surface area contributed by atoms with Crippen LogP contribution in [0, 0.1) is 0 Å². The maximum absolute atomic E-state index is 13.2. The van der Waals surface area contributed by atoms with Crippen LogP contribution in [0.2, 0.25) is 0 Å². The van der Waals surface area contributed by atoms with E-state index in [1.54, 1.807) is 11.8 Å². The molecule has 1 amide bonds. The number of hydrogen-bond donors (Lipinski definition) is 0. The van der Waals surface area contributed by atoms with Gasteiger partial charge in [0.15, 0.2) is 0 Å². The van der Waals surface area contributed by atoms with Gasteiger partial charge in [0.05, 0.1) is 18.8 Å². The monoisotopic (exact) mass is 341 g/mol. The number of amides is 1. The minimum absolute atomic E-state index is 0.0643. The van der Waals surface area contributed by atoms with Crippen LogP contribution in [-0.4, -0.2) is 34.2 Å². The molecule has 1 atom stereocenters. The lowest BCUT2D eigenvalue weighted by Crippen LogP contribution is -2.39. The van der Waals surface area contributed by atoms with E-state index in [4.69, 9.17) is 4.74 Å². The molecule has 3 rings (SSSR count). The first-order chi connectivity index (χ1) is 12.0. The van der Waals surface area contributed by atoms with E-state index in [2.05, 4.69) is 25.0 Å². The van der Waals surface area contributed by atoms with Gasteiger partial charge >= 0.3 is 0 Å². The third-order valence-corrected chi connectivity index (χ3v) is 4.95. The highest BCUT2D eigenvalue weighted by Crippen LogP contribution is 2.33. The Morgan fingerprint density at radius 2 is 2.08 bits per heavy atom. The highest BCUT2D eigenvalue weighted by atomic mass is 16.5. The fraction of sp³-hybridized carbons (Fsp3) is 0.500. The number of likely N-dealkylation sites (tertiary alicyclic amines) is 1. The second-order valence-corrected chi connectivity index (χ2v) is 7.02. The Morgan fingerprint density at radius 3 is 2.76 bits per heavy atom. The zero-order valence-corrected chi connectivity index (χ0v) is 15.5. The molecule has 0 bridgehead atoms. The van der Waals surface area contributed by atoms with Crippen molar-refractivity contribution in [3.63, 3.8) is 0 Å². The molecule has 1 aromatic carbocycles. The van der Waals surface area contributed by atoms with Crippen LogP contribution < -0.4 is 4.74 Å². The van der Waals surface area contributed by atoms with Crippen LogP contribution in [0.15, 0.2) is 30.3 Å². The molecule has 1 saturated heterocycles. The van der Waals surface area contributed by atoms with Gasteiger partial charge in [-0.2, -0.15) is 5.10 Å². The van der Waals surface area contributed by atoms with Crippen molar-refractivity contribution in [2.24, 2.45) is 7.05 Å². The van der Waals surface area contributed by atoms with Crippen molar-refractivity contribution in [2.45, 2.75) is 45.1 Å². The number of hydrogen-bond acceptors (Lipinski definition) is 3. The van der Waals surface area contributed by atoms with Crippen LogP contribution in [0.1, 0.15) is 66.8 Å². The number of methoxy groups -OCH3 is 1. The van der Waals surface area contributed by atoms with E-state index in [-0.39, 0.29) is 11.9 Å². The number of benzene rings is 1. The van der Waals surface area contributed by atoms with Crippen LogP contribution in [0.25, 0.3) is 0 Å². The SMILES string of the molecule is COc1cccc([C@H]2CCCCN2C(=O)c2cc(C(C)C)nn2C)c1. The third kappa shape index (κ3) is 3.55. The predicted octanol–water partition coefficient (Wildman–Crippen LogP) is 3.92. The Hall–Kier alpha value is -2.30. The fourth-order valence-corrected chi connectivity index (χ4v) is 3.49. The number of aromatic nitrogens is 2. The first kappa shape index (κ1) is 17.5. The normalized spacial score (nSPS) is 17.8. The largest absolute Gasteiger partial charge is 0.497 e. The Morgan fingerprint density at radius 1 is 1.28 bits per heavy atom. The molecule has 1 aromatic heterocycles. The van der Waals surface area contributed by atoms with E-state index in [1.807, 2.05) is 36.2 Å². The molecule has 0 spiro atoms. The molecular formula is C20H27N3O2. The summed E-state index contributed by atoms with van der Waals surface area (Å²) in [7, 11) is 3.52. The summed E-state index contributed by atoms with van der Waals surface area (Å²) in [5.41, 5.74) is 2.76. The van der Waals surface area contributed by atoms with Crippen LogP contribution in [-0.2, 0) is 7.05 Å². The van der Waals surface area contributed by atoms with Crippen molar-refractivity contribution >= 4 is 5.91 Å². The molecule has 5 heteroatoms. The van der Waals surface area contributed by atoms with E-state index >= 15 is 0 Å². The number of carbonyl (C=O) groups is 1. The standard InChI is InChI=1S/C20H27N3O2/c1-14(2)17-13-19(22(3)21-17)20(24)23-11-6-5-10-18(23)15-8-7-9-16(12-15)25-4/h7-9,12-14,18H,5-6,10-11H2,1-4H3/t18-/m1/s1. The number of aryl methyl sites for hydroxylation is 1. The van der Waals surface area contributed by atoms with Gasteiger partial charge < -0.3 is 9.64 Å². The molecule has 0 radical (unpaired) electrons. The number of rotatable bonds is 4. The quantitative estimate of drug-likeness (QED) is 0.847. The molecule has 1 aliphatic heterocycles. The summed E-state index contributed by atoms with van der Waals surface area (Å²) in [6.45, 7) is 4.97. The van der Waals surface area contributed by atoms with Crippen LogP contribution in [0.5, 0.6) is 5.75 Å². The highest BCUT2D eigenvalue weighted by molar-refractivity contribution is 5.93. The van der Waals surface area contributed by atoms with Gasteiger partial charge in [0.1, 0.15) is 11.4 Å². The van der Waals surface area contributed by atoms with Gasteiger partial charge in [-0.1, -0.05) is 26.0 Å². The van der Waals surface area contributed by atoms with Gasteiger partial charge in [0, 0.05) is 13.6 Å². The van der Waals surface area contributed by atoms with Crippen molar-refractivity contribution in [2.75, 3.05) is 13.7 Å². The maximum atomic E-state index is 13.2.